The van der Waals surface area contributed by atoms with Crippen molar-refractivity contribution in [3.05, 3.63) is 29.6 Å². The van der Waals surface area contributed by atoms with Gasteiger partial charge in [-0.15, -0.1) is 0 Å². The van der Waals surface area contributed by atoms with Crippen LogP contribution in [0.5, 0.6) is 0 Å². The SMILES string of the molecule is CC(C)COCCNCc1ccc(C(=O)O)cn1. The Morgan fingerprint density at radius 2 is 2.28 bits per heavy atom. The molecule has 100 valence electrons. The number of rotatable bonds is 8. The van der Waals surface area contributed by atoms with Crippen LogP contribution < -0.4 is 5.32 Å². The topological polar surface area (TPSA) is 71.5 Å². The Morgan fingerprint density at radius 3 is 2.83 bits per heavy atom. The van der Waals surface area contributed by atoms with Gasteiger partial charge in [-0.1, -0.05) is 13.8 Å². The van der Waals surface area contributed by atoms with E-state index in [1.54, 1.807) is 12.1 Å². The summed E-state index contributed by atoms with van der Waals surface area (Å²) in [6.07, 6.45) is 1.37. The van der Waals surface area contributed by atoms with Crippen LogP contribution in [0.2, 0.25) is 0 Å². The third-order valence-electron chi connectivity index (χ3n) is 2.25. The fraction of sp³-hybridized carbons (Fsp3) is 0.538. The smallest absolute Gasteiger partial charge is 0.337 e. The van der Waals surface area contributed by atoms with Gasteiger partial charge < -0.3 is 15.2 Å². The average molecular weight is 252 g/mol. The minimum atomic E-state index is -0.955. The summed E-state index contributed by atoms with van der Waals surface area (Å²) in [5.74, 6) is -0.403. The van der Waals surface area contributed by atoms with Crippen LogP contribution in [0.25, 0.3) is 0 Å². The van der Waals surface area contributed by atoms with Crippen LogP contribution >= 0.6 is 0 Å². The first-order chi connectivity index (χ1) is 8.59. The van der Waals surface area contributed by atoms with Crippen molar-refractivity contribution in [2.75, 3.05) is 19.8 Å². The number of pyridine rings is 1. The van der Waals surface area contributed by atoms with Crippen LogP contribution in [-0.4, -0.2) is 35.8 Å². The van der Waals surface area contributed by atoms with E-state index in [0.29, 0.717) is 19.1 Å². The van der Waals surface area contributed by atoms with Crippen molar-refractivity contribution >= 4 is 5.97 Å². The van der Waals surface area contributed by atoms with Gasteiger partial charge >= 0.3 is 5.97 Å². The van der Waals surface area contributed by atoms with Gasteiger partial charge in [-0.2, -0.15) is 0 Å². The molecule has 5 nitrogen and oxygen atoms in total. The van der Waals surface area contributed by atoms with Gasteiger partial charge in [0.05, 0.1) is 17.9 Å². The van der Waals surface area contributed by atoms with Crippen LogP contribution in [0, 0.1) is 5.92 Å². The molecule has 0 amide bonds. The number of carboxylic acid groups (broad SMARTS) is 1. The quantitative estimate of drug-likeness (QED) is 0.687. The lowest BCUT2D eigenvalue weighted by Gasteiger charge is -2.07. The highest BCUT2D eigenvalue weighted by molar-refractivity contribution is 5.87. The molecule has 0 spiro atoms. The molecule has 2 N–H and O–H groups in total. The Hall–Kier alpha value is -1.46. The Morgan fingerprint density at radius 1 is 1.50 bits per heavy atom. The maximum absolute atomic E-state index is 10.6. The van der Waals surface area contributed by atoms with Crippen molar-refractivity contribution in [1.29, 1.82) is 0 Å². The van der Waals surface area contributed by atoms with Crippen molar-refractivity contribution in [1.82, 2.24) is 10.3 Å². The molecule has 0 aliphatic heterocycles. The van der Waals surface area contributed by atoms with Crippen molar-refractivity contribution in [2.24, 2.45) is 5.92 Å². The molecule has 0 aliphatic rings. The number of hydrogen-bond donors (Lipinski definition) is 2. The number of carbonyl (C=O) groups is 1. The van der Waals surface area contributed by atoms with Gasteiger partial charge in [0.25, 0.3) is 0 Å². The van der Waals surface area contributed by atoms with E-state index in [0.717, 1.165) is 18.8 Å². The Bertz CT molecular complexity index is 363. The zero-order chi connectivity index (χ0) is 13.4. The lowest BCUT2D eigenvalue weighted by atomic mass is 10.2. The number of hydrogen-bond acceptors (Lipinski definition) is 4. The van der Waals surface area contributed by atoms with Crippen LogP contribution in [0.3, 0.4) is 0 Å². The van der Waals surface area contributed by atoms with E-state index in [4.69, 9.17) is 9.84 Å². The summed E-state index contributed by atoms with van der Waals surface area (Å²) in [4.78, 5) is 14.7. The fourth-order valence-corrected chi connectivity index (χ4v) is 1.34. The van der Waals surface area contributed by atoms with Gasteiger partial charge in [0.15, 0.2) is 0 Å². The lowest BCUT2D eigenvalue weighted by Crippen LogP contribution is -2.20. The Kier molecular flexibility index (Phi) is 6.32. The van der Waals surface area contributed by atoms with Gasteiger partial charge in [0.1, 0.15) is 0 Å². The molecule has 0 fully saturated rings. The van der Waals surface area contributed by atoms with Gasteiger partial charge in [-0.3, -0.25) is 4.98 Å². The van der Waals surface area contributed by atoms with Crippen LogP contribution in [0.4, 0.5) is 0 Å². The highest BCUT2D eigenvalue weighted by Crippen LogP contribution is 1.99. The van der Waals surface area contributed by atoms with E-state index in [1.807, 2.05) is 0 Å². The van der Waals surface area contributed by atoms with E-state index in [9.17, 15) is 4.79 Å². The van der Waals surface area contributed by atoms with E-state index in [1.165, 1.54) is 6.20 Å². The van der Waals surface area contributed by atoms with Crippen molar-refractivity contribution in [2.45, 2.75) is 20.4 Å². The largest absolute Gasteiger partial charge is 0.478 e. The summed E-state index contributed by atoms with van der Waals surface area (Å²) in [5.41, 5.74) is 1.03. The minimum Gasteiger partial charge on any atom is -0.478 e. The van der Waals surface area contributed by atoms with E-state index >= 15 is 0 Å². The second-order valence-electron chi connectivity index (χ2n) is 4.49. The minimum absolute atomic E-state index is 0.207. The first kappa shape index (κ1) is 14.6. The molecule has 0 aliphatic carbocycles. The average Bonchev–Trinajstić information content (AvgIpc) is 2.34. The normalized spacial score (nSPS) is 10.8. The van der Waals surface area contributed by atoms with Crippen LogP contribution in [0.15, 0.2) is 18.3 Å². The molecule has 18 heavy (non-hydrogen) atoms. The molecular formula is C13H20N2O3. The van der Waals surface area contributed by atoms with Crippen molar-refractivity contribution in [3.63, 3.8) is 0 Å². The van der Waals surface area contributed by atoms with Crippen LogP contribution in [-0.2, 0) is 11.3 Å². The molecule has 1 aromatic heterocycles. The molecule has 0 saturated heterocycles. The maximum atomic E-state index is 10.6. The highest BCUT2D eigenvalue weighted by atomic mass is 16.5. The summed E-state index contributed by atoms with van der Waals surface area (Å²) in [6, 6.07) is 3.27. The number of nitrogens with zero attached hydrogens (tertiary/aromatic N) is 1. The zero-order valence-corrected chi connectivity index (χ0v) is 10.8. The van der Waals surface area contributed by atoms with Gasteiger partial charge in [0.2, 0.25) is 0 Å². The number of carboxylic acids is 1. The molecule has 0 bridgehead atoms. The maximum Gasteiger partial charge on any atom is 0.337 e. The first-order valence-corrected chi connectivity index (χ1v) is 6.06. The summed E-state index contributed by atoms with van der Waals surface area (Å²) >= 11 is 0. The Balaban J connectivity index is 2.17. The van der Waals surface area contributed by atoms with E-state index < -0.39 is 5.97 Å². The molecule has 0 radical (unpaired) electrons. The second-order valence-corrected chi connectivity index (χ2v) is 4.49. The number of nitrogens with one attached hydrogen (secondary N) is 1. The van der Waals surface area contributed by atoms with Crippen molar-refractivity contribution in [3.8, 4) is 0 Å². The number of ether oxygens (including phenoxy) is 1. The predicted octanol–water partition coefficient (Wildman–Crippen LogP) is 1.54. The summed E-state index contributed by atoms with van der Waals surface area (Å²) in [7, 11) is 0. The third kappa shape index (κ3) is 5.75. The standard InChI is InChI=1S/C13H20N2O3/c1-10(2)9-18-6-5-14-8-12-4-3-11(7-15-12)13(16)17/h3-4,7,10,14H,5-6,8-9H2,1-2H3,(H,16,17). The van der Waals surface area contributed by atoms with Gasteiger partial charge in [-0.05, 0) is 18.1 Å². The molecular weight excluding hydrogens is 232 g/mol. The second kappa shape index (κ2) is 7.79. The van der Waals surface area contributed by atoms with E-state index in [-0.39, 0.29) is 5.56 Å². The molecule has 0 aromatic carbocycles. The van der Waals surface area contributed by atoms with Crippen LogP contribution in [0.1, 0.15) is 29.9 Å². The molecule has 1 heterocycles. The zero-order valence-electron chi connectivity index (χ0n) is 10.8. The summed E-state index contributed by atoms with van der Waals surface area (Å²) in [5, 5.41) is 11.9. The molecule has 0 unspecified atom stereocenters. The number of aromatic nitrogens is 1. The highest BCUT2D eigenvalue weighted by Gasteiger charge is 2.02. The van der Waals surface area contributed by atoms with Gasteiger partial charge in [-0.25, -0.2) is 4.79 Å². The van der Waals surface area contributed by atoms with E-state index in [2.05, 4.69) is 24.1 Å². The molecule has 0 atom stereocenters. The van der Waals surface area contributed by atoms with Crippen molar-refractivity contribution < 1.29 is 14.6 Å². The monoisotopic (exact) mass is 252 g/mol. The fourth-order valence-electron chi connectivity index (χ4n) is 1.34. The third-order valence-corrected chi connectivity index (χ3v) is 2.25. The summed E-state index contributed by atoms with van der Waals surface area (Å²) in [6.45, 7) is 7.04. The predicted molar refractivity (Wildman–Crippen MR) is 68.6 cm³/mol. The first-order valence-electron chi connectivity index (χ1n) is 6.06. The molecule has 0 saturated carbocycles. The number of aromatic carboxylic acids is 1. The lowest BCUT2D eigenvalue weighted by molar-refractivity contribution is 0.0696. The molecule has 5 heteroatoms. The summed E-state index contributed by atoms with van der Waals surface area (Å²) < 4.78 is 5.42. The molecule has 1 rings (SSSR count). The van der Waals surface area contributed by atoms with Gasteiger partial charge in [0, 0.05) is 25.9 Å². The molecule has 1 aromatic rings. The Labute approximate surface area is 107 Å².